The zero-order valence-electron chi connectivity index (χ0n) is 18.2. The Hall–Kier alpha value is -3.09. The van der Waals surface area contributed by atoms with Gasteiger partial charge in [0, 0.05) is 11.0 Å². The summed E-state index contributed by atoms with van der Waals surface area (Å²) in [7, 11) is 0. The van der Waals surface area contributed by atoms with Crippen LogP contribution in [0, 0.1) is 0 Å². The first-order valence-electron chi connectivity index (χ1n) is 10.7. The molecular formula is C26H25BrN4O. The van der Waals surface area contributed by atoms with E-state index < -0.39 is 0 Å². The molecule has 2 heterocycles. The minimum atomic E-state index is -0.106. The second-order valence-electron chi connectivity index (χ2n) is 7.43. The first-order valence-corrected chi connectivity index (χ1v) is 11.5. The summed E-state index contributed by atoms with van der Waals surface area (Å²) < 4.78 is 2.47. The molecule has 0 aliphatic heterocycles. The maximum absolute atomic E-state index is 13.4. The fraction of sp³-hybridized carbons (Fsp3) is 0.192. The van der Waals surface area contributed by atoms with Crippen LogP contribution >= 0.6 is 15.9 Å². The van der Waals surface area contributed by atoms with Crippen LogP contribution in [-0.2, 0) is 6.54 Å². The number of fused-ring (bicyclic) bond motifs is 1. The molecule has 0 spiro atoms. The van der Waals surface area contributed by atoms with Crippen molar-refractivity contribution in [1.29, 1.82) is 0 Å². The van der Waals surface area contributed by atoms with Crippen molar-refractivity contribution < 1.29 is 0 Å². The molecule has 4 aromatic rings. The molecule has 0 saturated heterocycles. The van der Waals surface area contributed by atoms with E-state index >= 15 is 0 Å². The van der Waals surface area contributed by atoms with Gasteiger partial charge in [-0.15, -0.1) is 0 Å². The number of rotatable bonds is 7. The number of hydrogen-bond acceptors (Lipinski definition) is 4. The van der Waals surface area contributed by atoms with Crippen LogP contribution in [0.15, 0.2) is 76.0 Å². The lowest BCUT2D eigenvalue weighted by Crippen LogP contribution is -2.23. The van der Waals surface area contributed by atoms with Crippen LogP contribution in [-0.4, -0.2) is 32.5 Å². The smallest absolute Gasteiger partial charge is 0.266 e. The van der Waals surface area contributed by atoms with E-state index in [1.807, 2.05) is 78.9 Å². The van der Waals surface area contributed by atoms with Gasteiger partial charge in [-0.3, -0.25) is 19.2 Å². The largest absolute Gasteiger partial charge is 0.298 e. The van der Waals surface area contributed by atoms with Crippen molar-refractivity contribution in [1.82, 2.24) is 19.4 Å². The van der Waals surface area contributed by atoms with Gasteiger partial charge in [0.05, 0.1) is 28.0 Å². The highest BCUT2D eigenvalue weighted by Crippen LogP contribution is 2.22. The highest BCUT2D eigenvalue weighted by Gasteiger charge is 2.13. The van der Waals surface area contributed by atoms with E-state index in [0.29, 0.717) is 16.7 Å². The number of aromatic nitrogens is 3. The quantitative estimate of drug-likeness (QED) is 0.341. The third-order valence-corrected chi connectivity index (χ3v) is 6.08. The van der Waals surface area contributed by atoms with E-state index in [9.17, 15) is 4.79 Å². The van der Waals surface area contributed by atoms with Crippen molar-refractivity contribution in [3.63, 3.8) is 0 Å². The lowest BCUT2D eigenvalue weighted by atomic mass is 10.2. The molecule has 0 bridgehead atoms. The summed E-state index contributed by atoms with van der Waals surface area (Å²) >= 11 is 3.58. The second-order valence-corrected chi connectivity index (χ2v) is 8.28. The van der Waals surface area contributed by atoms with Crippen LogP contribution < -0.4 is 5.56 Å². The van der Waals surface area contributed by atoms with Crippen molar-refractivity contribution in [2.75, 3.05) is 13.1 Å². The minimum Gasteiger partial charge on any atom is -0.298 e. The number of pyridine rings is 1. The van der Waals surface area contributed by atoms with Gasteiger partial charge in [0.2, 0.25) is 0 Å². The van der Waals surface area contributed by atoms with Gasteiger partial charge in [-0.2, -0.15) is 0 Å². The summed E-state index contributed by atoms with van der Waals surface area (Å²) in [6.45, 7) is 7.08. The van der Waals surface area contributed by atoms with Gasteiger partial charge in [0.25, 0.3) is 5.56 Å². The van der Waals surface area contributed by atoms with Gasteiger partial charge in [-0.05, 0) is 77.6 Å². The molecule has 0 amide bonds. The number of hydrogen-bond donors (Lipinski definition) is 0. The first kappa shape index (κ1) is 22.1. The third kappa shape index (κ3) is 4.71. The summed E-state index contributed by atoms with van der Waals surface area (Å²) in [6, 6.07) is 21.1. The molecule has 0 saturated carbocycles. The summed E-state index contributed by atoms with van der Waals surface area (Å²) in [5.74, 6) is 0.552. The molecule has 4 rings (SSSR count). The summed E-state index contributed by atoms with van der Waals surface area (Å²) in [4.78, 5) is 25.3. The molecule has 2 aromatic heterocycles. The van der Waals surface area contributed by atoms with Gasteiger partial charge < -0.3 is 0 Å². The maximum atomic E-state index is 13.4. The molecule has 32 heavy (non-hydrogen) atoms. The Kier molecular flexibility index (Phi) is 6.93. The zero-order chi connectivity index (χ0) is 22.5. The van der Waals surface area contributed by atoms with Crippen LogP contribution in [0.4, 0.5) is 0 Å². The molecule has 0 N–H and O–H groups in total. The van der Waals surface area contributed by atoms with Crippen LogP contribution in [0.2, 0.25) is 0 Å². The molecule has 5 nitrogen and oxygen atoms in total. The van der Waals surface area contributed by atoms with Gasteiger partial charge in [0.1, 0.15) is 5.82 Å². The van der Waals surface area contributed by atoms with Gasteiger partial charge in [-0.1, -0.05) is 44.2 Å². The Labute approximate surface area is 196 Å². The number of halogens is 1. The van der Waals surface area contributed by atoms with E-state index in [2.05, 4.69) is 34.7 Å². The SMILES string of the molecule is CCN(CC)Cc1cccc(C=Cc2nc3ccccc3c(=O)n2-c2ccccc2Br)n1. The monoisotopic (exact) mass is 488 g/mol. The standard InChI is InChI=1S/C26H25BrN4O/c1-3-30(4-2)18-20-11-9-10-19(28-20)16-17-25-29-23-14-7-5-12-21(23)26(32)31(25)24-15-8-6-13-22(24)27/h5-17H,3-4,18H2,1-2H3. The average Bonchev–Trinajstić information content (AvgIpc) is 2.82. The molecule has 0 fully saturated rings. The minimum absolute atomic E-state index is 0.106. The Morgan fingerprint density at radius 2 is 1.66 bits per heavy atom. The number of benzene rings is 2. The zero-order valence-corrected chi connectivity index (χ0v) is 19.8. The fourth-order valence-electron chi connectivity index (χ4n) is 3.64. The topological polar surface area (TPSA) is 51.0 Å². The molecule has 0 radical (unpaired) electrons. The predicted molar refractivity (Wildman–Crippen MR) is 135 cm³/mol. The van der Waals surface area contributed by atoms with Gasteiger partial charge >= 0.3 is 0 Å². The Balaban J connectivity index is 1.80. The van der Waals surface area contributed by atoms with E-state index in [4.69, 9.17) is 9.97 Å². The Morgan fingerprint density at radius 3 is 2.44 bits per heavy atom. The molecular weight excluding hydrogens is 464 g/mol. The Morgan fingerprint density at radius 1 is 0.906 bits per heavy atom. The first-order chi connectivity index (χ1) is 15.6. The van der Waals surface area contributed by atoms with Crippen molar-refractivity contribution in [2.45, 2.75) is 20.4 Å². The lowest BCUT2D eigenvalue weighted by molar-refractivity contribution is 0.292. The van der Waals surface area contributed by atoms with Crippen LogP contribution in [0.25, 0.3) is 28.7 Å². The predicted octanol–water partition coefficient (Wildman–Crippen LogP) is 5.56. The summed E-state index contributed by atoms with van der Waals surface area (Å²) in [5.41, 5.74) is 3.16. The lowest BCUT2D eigenvalue weighted by Gasteiger charge is -2.17. The summed E-state index contributed by atoms with van der Waals surface area (Å²) in [6.07, 6.45) is 3.77. The van der Waals surface area contributed by atoms with Gasteiger partial charge in [0.15, 0.2) is 0 Å². The van der Waals surface area contributed by atoms with Crippen molar-refractivity contribution >= 4 is 39.0 Å². The molecule has 0 atom stereocenters. The second kappa shape index (κ2) is 10.0. The molecule has 0 aliphatic rings. The van der Waals surface area contributed by atoms with Crippen molar-refractivity contribution in [3.8, 4) is 5.69 Å². The summed E-state index contributed by atoms with van der Waals surface area (Å²) in [5, 5.41) is 0.583. The highest BCUT2D eigenvalue weighted by molar-refractivity contribution is 9.10. The number of para-hydroxylation sites is 2. The van der Waals surface area contributed by atoms with Crippen LogP contribution in [0.5, 0.6) is 0 Å². The van der Waals surface area contributed by atoms with Gasteiger partial charge in [-0.25, -0.2) is 4.98 Å². The Bertz CT molecular complexity index is 1320. The maximum Gasteiger partial charge on any atom is 0.266 e. The fourth-order valence-corrected chi connectivity index (χ4v) is 4.10. The van der Waals surface area contributed by atoms with E-state index in [1.54, 1.807) is 4.57 Å². The highest BCUT2D eigenvalue weighted by atomic mass is 79.9. The van der Waals surface area contributed by atoms with Crippen LogP contribution in [0.1, 0.15) is 31.1 Å². The third-order valence-electron chi connectivity index (χ3n) is 5.41. The molecule has 162 valence electrons. The van der Waals surface area contributed by atoms with E-state index in [-0.39, 0.29) is 5.56 Å². The van der Waals surface area contributed by atoms with E-state index in [1.165, 1.54) is 0 Å². The van der Waals surface area contributed by atoms with Crippen molar-refractivity contribution in [2.24, 2.45) is 0 Å². The molecule has 0 aliphatic carbocycles. The average molecular weight is 489 g/mol. The molecule has 0 unspecified atom stereocenters. The van der Waals surface area contributed by atoms with Crippen molar-refractivity contribution in [3.05, 3.63) is 98.8 Å². The normalized spacial score (nSPS) is 11.6. The molecule has 2 aromatic carbocycles. The van der Waals surface area contributed by atoms with E-state index in [0.717, 1.165) is 41.2 Å². The number of nitrogens with zero attached hydrogens (tertiary/aromatic N) is 4. The molecule has 6 heteroatoms. The van der Waals surface area contributed by atoms with Crippen LogP contribution in [0.3, 0.4) is 0 Å².